The number of hydrogen-bond donors (Lipinski definition) is 0. The fraction of sp³-hybridized carbons (Fsp3) is 0.294. The van der Waals surface area contributed by atoms with Gasteiger partial charge in [0, 0.05) is 24.6 Å². The maximum Gasteiger partial charge on any atom is 0.202 e. The van der Waals surface area contributed by atoms with Gasteiger partial charge in [-0.3, -0.25) is 4.79 Å². The van der Waals surface area contributed by atoms with Crippen molar-refractivity contribution in [1.29, 1.82) is 0 Å². The lowest BCUT2D eigenvalue weighted by atomic mass is 9.97. The Morgan fingerprint density at radius 3 is 2.58 bits per heavy atom. The predicted molar refractivity (Wildman–Crippen MR) is 83.6 cm³/mol. The lowest BCUT2D eigenvalue weighted by molar-refractivity contribution is 0.0557. The van der Waals surface area contributed by atoms with E-state index in [1.165, 1.54) is 11.0 Å². The number of halogens is 2. The number of benzene rings is 1. The topological polar surface area (TPSA) is 59.5 Å². The number of likely N-dealkylation sites (N-methyl/N-ethyl adjacent to an activating group) is 1. The second-order valence-electron chi connectivity index (χ2n) is 5.25. The van der Waals surface area contributed by atoms with E-state index in [0.29, 0.717) is 11.9 Å². The Morgan fingerprint density at radius 2 is 1.96 bits per heavy atom. The number of ether oxygens (including phenoxy) is 1. The van der Waals surface area contributed by atoms with Crippen LogP contribution in [0.2, 0.25) is 0 Å². The molecule has 124 valence electrons. The Balaban J connectivity index is 2.29. The Bertz CT molecular complexity index is 891. The maximum atomic E-state index is 13.5. The fourth-order valence-corrected chi connectivity index (χ4v) is 2.82. The van der Waals surface area contributed by atoms with Crippen molar-refractivity contribution >= 4 is 28.4 Å². The number of rotatable bonds is 3. The molecular formula is C17H14F2N2O3. The molecule has 0 saturated carbocycles. The molecule has 1 atom stereocenters. The molecule has 0 N–H and O–H groups in total. The minimum absolute atomic E-state index is 0.0336. The van der Waals surface area contributed by atoms with E-state index in [1.807, 2.05) is 0 Å². The van der Waals surface area contributed by atoms with Gasteiger partial charge in [-0.1, -0.05) is 0 Å². The third-order valence-corrected chi connectivity index (χ3v) is 3.89. The summed E-state index contributed by atoms with van der Waals surface area (Å²) in [6, 6.07) is 3.39. The van der Waals surface area contributed by atoms with Crippen LogP contribution in [0.5, 0.6) is 0 Å². The maximum absolute atomic E-state index is 13.5. The van der Waals surface area contributed by atoms with E-state index in [0.717, 1.165) is 12.1 Å². The lowest BCUT2D eigenvalue weighted by Gasteiger charge is -2.33. The number of anilines is 1. The van der Waals surface area contributed by atoms with Crippen LogP contribution in [-0.2, 0) is 9.53 Å². The van der Waals surface area contributed by atoms with Crippen LogP contribution in [0.4, 0.5) is 14.6 Å². The number of hydrogen-bond acceptors (Lipinski definition) is 5. The van der Waals surface area contributed by atoms with Crippen molar-refractivity contribution in [3.8, 4) is 0 Å². The number of ketones is 1. The van der Waals surface area contributed by atoms with Crippen LogP contribution in [0.1, 0.15) is 24.2 Å². The van der Waals surface area contributed by atoms with Crippen LogP contribution >= 0.6 is 0 Å². The molecule has 0 amide bonds. The highest BCUT2D eigenvalue weighted by atomic mass is 19.2. The first-order valence-corrected chi connectivity index (χ1v) is 7.49. The molecule has 1 aromatic heterocycles. The highest BCUT2D eigenvalue weighted by Crippen LogP contribution is 2.34. The van der Waals surface area contributed by atoms with Gasteiger partial charge >= 0.3 is 0 Å². The summed E-state index contributed by atoms with van der Waals surface area (Å²) < 4.78 is 32.3. The summed E-state index contributed by atoms with van der Waals surface area (Å²) in [5.41, 5.74) is 0.429. The van der Waals surface area contributed by atoms with Crippen LogP contribution in [0.3, 0.4) is 0 Å². The van der Waals surface area contributed by atoms with Crippen molar-refractivity contribution in [2.45, 2.75) is 20.0 Å². The number of fused-ring (bicyclic) bond motifs is 2. The average molecular weight is 332 g/mol. The van der Waals surface area contributed by atoms with Gasteiger partial charge in [0.05, 0.1) is 11.1 Å². The molecule has 1 unspecified atom stereocenters. The van der Waals surface area contributed by atoms with Gasteiger partial charge in [0.2, 0.25) is 5.78 Å². The van der Waals surface area contributed by atoms with E-state index in [-0.39, 0.29) is 29.2 Å². The zero-order chi connectivity index (χ0) is 17.4. The zero-order valence-electron chi connectivity index (χ0n) is 13.1. The van der Waals surface area contributed by atoms with Gasteiger partial charge < -0.3 is 9.64 Å². The third kappa shape index (κ3) is 2.38. The first kappa shape index (κ1) is 16.2. The molecule has 0 fully saturated rings. The molecule has 1 aliphatic heterocycles. The number of carbonyl (C=O) groups is 1. The highest BCUT2D eigenvalue weighted by molar-refractivity contribution is 6.11. The van der Waals surface area contributed by atoms with Crippen molar-refractivity contribution in [3.63, 3.8) is 0 Å². The van der Waals surface area contributed by atoms with Gasteiger partial charge in [-0.15, -0.1) is 0 Å². The monoisotopic (exact) mass is 332 g/mol. The van der Waals surface area contributed by atoms with Crippen molar-refractivity contribution in [3.05, 3.63) is 41.1 Å². The van der Waals surface area contributed by atoms with Gasteiger partial charge in [-0.2, -0.15) is 0 Å². The Kier molecular flexibility index (Phi) is 4.13. The van der Waals surface area contributed by atoms with E-state index >= 15 is 0 Å². The van der Waals surface area contributed by atoms with Gasteiger partial charge in [0.15, 0.2) is 17.7 Å². The summed E-state index contributed by atoms with van der Waals surface area (Å²) in [5, 5.41) is 0.297. The van der Waals surface area contributed by atoms with Gasteiger partial charge in [-0.05, 0) is 26.0 Å². The largest absolute Gasteiger partial charge is 0.363 e. The summed E-state index contributed by atoms with van der Waals surface area (Å²) in [4.78, 5) is 29.8. The molecule has 24 heavy (non-hydrogen) atoms. The Hall–Kier alpha value is -2.63. The van der Waals surface area contributed by atoms with Crippen molar-refractivity contribution in [2.24, 2.45) is 0 Å². The van der Waals surface area contributed by atoms with E-state index in [9.17, 15) is 18.4 Å². The summed E-state index contributed by atoms with van der Waals surface area (Å²) >= 11 is 0. The number of carbonyl (C=O) groups excluding carboxylic acids is 2. The number of aromatic nitrogens is 1. The fourth-order valence-electron chi connectivity index (χ4n) is 2.82. The number of nitrogens with zero attached hydrogens (tertiary/aromatic N) is 2. The van der Waals surface area contributed by atoms with Gasteiger partial charge in [-0.25, -0.2) is 18.6 Å². The molecular weight excluding hydrogens is 318 g/mol. The van der Waals surface area contributed by atoms with Crippen LogP contribution in [0.25, 0.3) is 10.9 Å². The van der Waals surface area contributed by atoms with Crippen LogP contribution in [-0.4, -0.2) is 36.0 Å². The molecule has 0 radical (unpaired) electrons. The summed E-state index contributed by atoms with van der Waals surface area (Å²) in [6.07, 6.45) is -1.08. The molecule has 3 rings (SSSR count). The molecule has 2 aromatic rings. The summed E-state index contributed by atoms with van der Waals surface area (Å²) in [5.74, 6) is -0.528. The van der Waals surface area contributed by atoms with E-state index in [4.69, 9.17) is 4.74 Å². The molecule has 0 saturated heterocycles. The lowest BCUT2D eigenvalue weighted by Crippen LogP contribution is -2.43. The predicted octanol–water partition coefficient (Wildman–Crippen LogP) is 2.66. The molecule has 1 aromatic carbocycles. The second kappa shape index (κ2) is 6.11. The standard InChI is InChI=1S/C17H14F2N2O3/c1-3-21-14(8-22)16(24-4-2)15(23)10-5-9-6-11(18)12(19)7-13(9)20-17(10)21/h5-7,16H,3-4H2,1-2H3. The van der Waals surface area contributed by atoms with Crippen LogP contribution in [0.15, 0.2) is 23.9 Å². The Morgan fingerprint density at radius 1 is 1.25 bits per heavy atom. The first-order chi connectivity index (χ1) is 11.5. The molecule has 0 spiro atoms. The van der Waals surface area contributed by atoms with Gasteiger partial charge in [0.1, 0.15) is 17.5 Å². The average Bonchev–Trinajstić information content (AvgIpc) is 2.57. The summed E-state index contributed by atoms with van der Waals surface area (Å²) in [6.45, 7) is 4.06. The van der Waals surface area contributed by atoms with E-state index in [1.54, 1.807) is 19.8 Å². The molecule has 7 heteroatoms. The van der Waals surface area contributed by atoms with Crippen LogP contribution in [0, 0.1) is 11.6 Å². The molecule has 1 aliphatic rings. The minimum atomic E-state index is -1.08. The van der Waals surface area contributed by atoms with Crippen LogP contribution < -0.4 is 4.90 Å². The normalized spacial score (nSPS) is 17.2. The second-order valence-corrected chi connectivity index (χ2v) is 5.25. The highest BCUT2D eigenvalue weighted by Gasteiger charge is 2.38. The minimum Gasteiger partial charge on any atom is -0.363 e. The Labute approximate surface area is 136 Å². The SMILES string of the molecule is CCOC1C(=O)c2cc3cc(F)c(F)cc3nc2N(CC)C1=C=O. The van der Waals surface area contributed by atoms with Crippen molar-refractivity contribution < 1.29 is 23.1 Å². The van der Waals surface area contributed by atoms with E-state index < -0.39 is 23.5 Å². The van der Waals surface area contributed by atoms with Crippen molar-refractivity contribution in [2.75, 3.05) is 18.1 Å². The molecule has 5 nitrogen and oxygen atoms in total. The zero-order valence-corrected chi connectivity index (χ0v) is 13.1. The number of Topliss-reactive ketones (excluding diaryl/α,β-unsaturated/α-hetero) is 1. The number of pyridine rings is 1. The smallest absolute Gasteiger partial charge is 0.202 e. The third-order valence-electron chi connectivity index (χ3n) is 3.89. The van der Waals surface area contributed by atoms with Gasteiger partial charge in [0.25, 0.3) is 0 Å². The quantitative estimate of drug-likeness (QED) is 0.809. The van der Waals surface area contributed by atoms with E-state index in [2.05, 4.69) is 4.98 Å². The molecule has 0 bridgehead atoms. The summed E-state index contributed by atoms with van der Waals surface area (Å²) in [7, 11) is 0. The first-order valence-electron chi connectivity index (χ1n) is 7.49. The molecule has 2 heterocycles. The molecule has 0 aliphatic carbocycles. The van der Waals surface area contributed by atoms with Crippen molar-refractivity contribution in [1.82, 2.24) is 4.98 Å².